The third-order valence-electron chi connectivity index (χ3n) is 5.19. The highest BCUT2D eigenvalue weighted by Gasteiger charge is 2.26. The molecule has 0 bridgehead atoms. The monoisotopic (exact) mass is 446 g/mol. The van der Waals surface area contributed by atoms with Crippen LogP contribution in [0.5, 0.6) is 5.75 Å². The third kappa shape index (κ3) is 4.29. The molecule has 0 radical (unpaired) electrons. The van der Waals surface area contributed by atoms with Gasteiger partial charge in [0.25, 0.3) is 5.91 Å². The molecule has 29 heavy (non-hydrogen) atoms. The number of aryl methyl sites for hydroxylation is 2. The second-order valence-electron chi connectivity index (χ2n) is 7.09. The quantitative estimate of drug-likeness (QED) is 0.453. The minimum absolute atomic E-state index is 0.115. The van der Waals surface area contributed by atoms with Crippen molar-refractivity contribution in [2.24, 2.45) is 0 Å². The summed E-state index contributed by atoms with van der Waals surface area (Å²) in [4.78, 5) is 16.0. The molecule has 0 atom stereocenters. The van der Waals surface area contributed by atoms with E-state index >= 15 is 0 Å². The van der Waals surface area contributed by atoms with E-state index in [4.69, 9.17) is 16.3 Å². The molecule has 1 amide bonds. The van der Waals surface area contributed by atoms with Crippen molar-refractivity contribution in [2.75, 3.05) is 17.7 Å². The summed E-state index contributed by atoms with van der Waals surface area (Å²) in [7, 11) is 1.59. The molecule has 1 aliphatic rings. The number of ether oxygens (including phenoxy) is 1. The Morgan fingerprint density at radius 3 is 2.83 bits per heavy atom. The molecule has 1 aromatic carbocycles. The Balaban J connectivity index is 1.64. The number of methoxy groups -OCH3 is 1. The van der Waals surface area contributed by atoms with Crippen molar-refractivity contribution in [1.29, 1.82) is 0 Å². The highest BCUT2D eigenvalue weighted by Crippen LogP contribution is 2.39. The molecule has 2 aromatic heterocycles. The first-order valence-electron chi connectivity index (χ1n) is 9.63. The Bertz CT molecular complexity index is 1040. The molecule has 1 aliphatic carbocycles. The number of rotatable bonds is 6. The van der Waals surface area contributed by atoms with Gasteiger partial charge < -0.3 is 15.4 Å². The molecule has 2 heterocycles. The van der Waals surface area contributed by atoms with Gasteiger partial charge in [0.05, 0.1) is 24.9 Å². The normalized spacial score (nSPS) is 13.1. The van der Waals surface area contributed by atoms with Crippen molar-refractivity contribution < 1.29 is 9.53 Å². The van der Waals surface area contributed by atoms with Gasteiger partial charge in [-0.1, -0.05) is 11.6 Å². The maximum atomic E-state index is 13.3. The first-order valence-corrected chi connectivity index (χ1v) is 11.7. The lowest BCUT2D eigenvalue weighted by Gasteiger charge is -2.15. The molecule has 2 N–H and O–H groups in total. The van der Waals surface area contributed by atoms with Crippen LogP contribution in [0.25, 0.3) is 0 Å². The number of carbonyl (C=O) groups excluding carboxylic acids is 1. The van der Waals surface area contributed by atoms with Crippen LogP contribution in [0, 0.1) is 6.92 Å². The van der Waals surface area contributed by atoms with Gasteiger partial charge in [-0.2, -0.15) is 0 Å². The highest BCUT2D eigenvalue weighted by molar-refractivity contribution is 7.16. The van der Waals surface area contributed by atoms with Crippen LogP contribution in [0.4, 0.5) is 10.7 Å². The predicted octanol–water partition coefficient (Wildman–Crippen LogP) is 6.52. The highest BCUT2D eigenvalue weighted by atomic mass is 35.5. The van der Waals surface area contributed by atoms with Crippen LogP contribution in [0.3, 0.4) is 0 Å². The summed E-state index contributed by atoms with van der Waals surface area (Å²) in [6, 6.07) is 7.36. The average Bonchev–Trinajstić information content (AvgIpc) is 3.29. The summed E-state index contributed by atoms with van der Waals surface area (Å²) in [6.45, 7) is 2.84. The van der Waals surface area contributed by atoms with Crippen LogP contribution in [0.15, 0.2) is 29.6 Å². The fraction of sp³-hybridized carbons (Fsp3) is 0.318. The molecule has 4 rings (SSSR count). The van der Waals surface area contributed by atoms with E-state index < -0.39 is 0 Å². The number of hydrogen-bond donors (Lipinski definition) is 2. The lowest BCUT2D eigenvalue weighted by atomic mass is 9.95. The van der Waals surface area contributed by atoms with Crippen LogP contribution < -0.4 is 15.4 Å². The Morgan fingerprint density at radius 1 is 1.24 bits per heavy atom. The molecule has 0 spiro atoms. The number of thiophene rings is 2. The molecule has 4 nitrogen and oxygen atoms in total. The van der Waals surface area contributed by atoms with Crippen molar-refractivity contribution in [3.63, 3.8) is 0 Å². The van der Waals surface area contributed by atoms with E-state index in [0.717, 1.165) is 36.4 Å². The summed E-state index contributed by atoms with van der Waals surface area (Å²) in [5, 5.41) is 10.2. The summed E-state index contributed by atoms with van der Waals surface area (Å²) < 4.78 is 5.39. The smallest absolute Gasteiger partial charge is 0.259 e. The summed E-state index contributed by atoms with van der Waals surface area (Å²) in [5.74, 6) is 0.478. The van der Waals surface area contributed by atoms with Crippen molar-refractivity contribution >= 4 is 50.9 Å². The number of halogens is 1. The minimum Gasteiger partial charge on any atom is -0.495 e. The average molecular weight is 447 g/mol. The van der Waals surface area contributed by atoms with Gasteiger partial charge in [0, 0.05) is 14.8 Å². The van der Waals surface area contributed by atoms with E-state index in [9.17, 15) is 4.79 Å². The molecule has 0 aliphatic heterocycles. The molecule has 3 aromatic rings. The van der Waals surface area contributed by atoms with E-state index in [-0.39, 0.29) is 5.91 Å². The summed E-state index contributed by atoms with van der Waals surface area (Å²) in [6.07, 6.45) is 4.29. The van der Waals surface area contributed by atoms with Crippen LogP contribution in [0.2, 0.25) is 5.02 Å². The number of nitrogens with one attached hydrogen (secondary N) is 2. The zero-order chi connectivity index (χ0) is 20.4. The maximum absolute atomic E-state index is 13.3. The van der Waals surface area contributed by atoms with E-state index in [2.05, 4.69) is 29.0 Å². The van der Waals surface area contributed by atoms with Crippen LogP contribution >= 0.6 is 34.3 Å². The second kappa shape index (κ2) is 8.78. The number of benzene rings is 1. The van der Waals surface area contributed by atoms with Gasteiger partial charge in [-0.15, -0.1) is 22.7 Å². The van der Waals surface area contributed by atoms with Gasteiger partial charge in [0.2, 0.25) is 0 Å². The molecule has 0 saturated heterocycles. The van der Waals surface area contributed by atoms with Crippen molar-refractivity contribution in [1.82, 2.24) is 0 Å². The van der Waals surface area contributed by atoms with E-state index in [1.807, 2.05) is 0 Å². The Morgan fingerprint density at radius 2 is 2.07 bits per heavy atom. The Labute approximate surface area is 183 Å². The van der Waals surface area contributed by atoms with Gasteiger partial charge >= 0.3 is 0 Å². The topological polar surface area (TPSA) is 50.4 Å². The fourth-order valence-electron chi connectivity index (χ4n) is 3.64. The van der Waals surface area contributed by atoms with Crippen LogP contribution in [-0.2, 0) is 19.4 Å². The number of carbonyl (C=O) groups is 1. The number of hydrogen-bond acceptors (Lipinski definition) is 5. The standard InChI is InChI=1S/C22H23ClN2O2S2/c1-13-9-10-28-19(13)12-24-22-20(15-5-3-4-6-18(15)29-22)21(26)25-16-11-14(23)7-8-17(16)27-2/h7-11,24H,3-6,12H2,1-2H3,(H,25,26). The lowest BCUT2D eigenvalue weighted by Crippen LogP contribution is -2.17. The van der Waals surface area contributed by atoms with E-state index in [1.54, 1.807) is 48.0 Å². The molecule has 152 valence electrons. The molecule has 0 saturated carbocycles. The summed E-state index contributed by atoms with van der Waals surface area (Å²) in [5.41, 5.74) is 3.81. The molecule has 0 fully saturated rings. The van der Waals surface area contributed by atoms with Gasteiger partial charge in [-0.25, -0.2) is 0 Å². The van der Waals surface area contributed by atoms with Crippen molar-refractivity contribution in [2.45, 2.75) is 39.2 Å². The Kier molecular flexibility index (Phi) is 6.13. The second-order valence-corrected chi connectivity index (χ2v) is 9.64. The predicted molar refractivity (Wildman–Crippen MR) is 123 cm³/mol. The molecule has 7 heteroatoms. The molecular formula is C22H23ClN2O2S2. The minimum atomic E-state index is -0.115. The lowest BCUT2D eigenvalue weighted by molar-refractivity contribution is 0.102. The van der Waals surface area contributed by atoms with Gasteiger partial charge in [-0.05, 0) is 73.4 Å². The molecule has 0 unspecified atom stereocenters. The van der Waals surface area contributed by atoms with Gasteiger partial charge in [0.15, 0.2) is 0 Å². The maximum Gasteiger partial charge on any atom is 0.259 e. The first kappa shape index (κ1) is 20.3. The zero-order valence-electron chi connectivity index (χ0n) is 16.4. The van der Waals surface area contributed by atoms with E-state index in [0.29, 0.717) is 16.5 Å². The third-order valence-corrected chi connectivity index (χ3v) is 7.69. The van der Waals surface area contributed by atoms with Crippen molar-refractivity contribution in [3.05, 3.63) is 61.1 Å². The fourth-order valence-corrected chi connectivity index (χ4v) is 5.94. The largest absolute Gasteiger partial charge is 0.495 e. The van der Waals surface area contributed by atoms with Gasteiger partial charge in [-0.3, -0.25) is 4.79 Å². The zero-order valence-corrected chi connectivity index (χ0v) is 18.8. The molecular weight excluding hydrogens is 424 g/mol. The van der Waals surface area contributed by atoms with Crippen molar-refractivity contribution in [3.8, 4) is 5.75 Å². The number of amides is 1. The van der Waals surface area contributed by atoms with Crippen LogP contribution in [-0.4, -0.2) is 13.0 Å². The van der Waals surface area contributed by atoms with Gasteiger partial charge in [0.1, 0.15) is 10.8 Å². The number of anilines is 2. The SMILES string of the molecule is COc1ccc(Cl)cc1NC(=O)c1c(NCc2sccc2C)sc2c1CCCC2. The number of fused-ring (bicyclic) bond motifs is 1. The first-order chi connectivity index (χ1) is 14.1. The Hall–Kier alpha value is -2.02. The van der Waals surface area contributed by atoms with Crippen LogP contribution in [0.1, 0.15) is 44.1 Å². The summed E-state index contributed by atoms with van der Waals surface area (Å²) >= 11 is 9.59. The van der Waals surface area contributed by atoms with E-state index in [1.165, 1.54) is 27.3 Å².